The molecule has 1 aliphatic heterocycles. The summed E-state index contributed by atoms with van der Waals surface area (Å²) in [6, 6.07) is 0. The summed E-state index contributed by atoms with van der Waals surface area (Å²) in [5.74, 6) is 2.84. The minimum Gasteiger partial charge on any atom is -0.314 e. The second-order valence-electron chi connectivity index (χ2n) is 8.56. The zero-order valence-corrected chi connectivity index (χ0v) is 23.3. The number of nitrogens with one attached hydrogen (secondary N) is 2. The summed E-state index contributed by atoms with van der Waals surface area (Å²) in [6.07, 6.45) is 37.4. The summed E-state index contributed by atoms with van der Waals surface area (Å²) in [5.41, 5.74) is 0. The summed E-state index contributed by atoms with van der Waals surface area (Å²) in [4.78, 5) is 5.08. The first-order valence-electron chi connectivity index (χ1n) is 12.5. The first kappa shape index (κ1) is 34.9. The molecule has 0 aromatic carbocycles. The van der Waals surface area contributed by atoms with Gasteiger partial charge in [0.2, 0.25) is 0 Å². The molecule has 4 saturated carbocycles. The maximum Gasteiger partial charge on any atom is 2.00 e. The van der Waals surface area contributed by atoms with Gasteiger partial charge in [-0.1, -0.05) is 0 Å². The number of hydrogen-bond acceptors (Lipinski definition) is 4. The third-order valence-electron chi connectivity index (χ3n) is 5.81. The maximum absolute atomic E-state index is 3.62. The van der Waals surface area contributed by atoms with Crippen LogP contribution in [0.15, 0.2) is 0 Å². The minimum absolute atomic E-state index is 0. The van der Waals surface area contributed by atoms with Gasteiger partial charge in [0.1, 0.15) is 0 Å². The van der Waals surface area contributed by atoms with Gasteiger partial charge < -0.3 is 20.4 Å². The van der Waals surface area contributed by atoms with Crippen molar-refractivity contribution in [1.82, 2.24) is 20.4 Å². The van der Waals surface area contributed by atoms with Gasteiger partial charge in [-0.2, -0.15) is 0 Å². The summed E-state index contributed by atoms with van der Waals surface area (Å²) < 4.78 is 0. The van der Waals surface area contributed by atoms with E-state index >= 15 is 0 Å². The monoisotopic (exact) mass is 568 g/mol. The Bertz CT molecular complexity index is 393. The van der Waals surface area contributed by atoms with Crippen LogP contribution >= 0.6 is 0 Å². The molecule has 4 aliphatic carbocycles. The van der Waals surface area contributed by atoms with Crippen LogP contribution in [-0.2, 0) is 34.1 Å². The van der Waals surface area contributed by atoms with E-state index < -0.39 is 0 Å². The summed E-state index contributed by atoms with van der Waals surface area (Å²) in [6.45, 7) is 10.8. The summed E-state index contributed by atoms with van der Waals surface area (Å²) in [5, 5.41) is 7.24. The van der Waals surface area contributed by atoms with Crippen molar-refractivity contribution in [3.63, 3.8) is 0 Å². The van der Waals surface area contributed by atoms with Gasteiger partial charge in [-0.15, -0.1) is 0 Å². The molecule has 1 heterocycles. The van der Waals surface area contributed by atoms with Gasteiger partial charge >= 0.3 is 34.1 Å². The zero-order chi connectivity index (χ0) is 23.5. The van der Waals surface area contributed by atoms with Crippen LogP contribution in [0.5, 0.6) is 0 Å². The quantitative estimate of drug-likeness (QED) is 0.511. The average molecular weight is 568 g/mol. The molecule has 0 aromatic heterocycles. The van der Waals surface area contributed by atoms with E-state index in [4.69, 9.17) is 0 Å². The van der Waals surface area contributed by atoms with Crippen LogP contribution in [0.2, 0.25) is 0 Å². The Morgan fingerprint density at radius 3 is 0.917 bits per heavy atom. The smallest absolute Gasteiger partial charge is 0.314 e. The number of hydrogen-bond donors (Lipinski definition) is 2. The molecule has 4 nitrogen and oxygen atoms in total. The fraction of sp³-hybridized carbons (Fsp3) is 0.333. The van der Waals surface area contributed by atoms with Gasteiger partial charge in [0.15, 0.2) is 0 Å². The maximum atomic E-state index is 3.62. The largest absolute Gasteiger partial charge is 2.00 e. The Morgan fingerprint density at radius 2 is 0.667 bits per heavy atom. The predicted octanol–water partition coefficient (Wildman–Crippen LogP) is 2.63. The second kappa shape index (κ2) is 23.7. The molecule has 0 unspecified atom stereocenters. The Balaban J connectivity index is 0.000000448. The Hall–Kier alpha value is 0.879. The molecule has 1 saturated heterocycles. The van der Waals surface area contributed by atoms with Crippen molar-refractivity contribution in [2.45, 2.75) is 0 Å². The van der Waals surface area contributed by atoms with Crippen LogP contribution in [-0.4, -0.2) is 75.2 Å². The van der Waals surface area contributed by atoms with Crippen LogP contribution in [0.4, 0.5) is 0 Å². The van der Waals surface area contributed by atoms with Crippen molar-refractivity contribution in [3.8, 4) is 0 Å². The zero-order valence-electron chi connectivity index (χ0n) is 21.1. The molecular formula is C30H40Fe2N4+4. The Labute approximate surface area is 246 Å². The number of nitrogens with zero attached hydrogens (tertiary/aromatic N) is 2. The van der Waals surface area contributed by atoms with Gasteiger partial charge in [-0.3, -0.25) is 0 Å². The van der Waals surface area contributed by atoms with E-state index in [1.54, 1.807) is 0 Å². The SMILES string of the molecule is [CH]1[CH][CH][CH][CH]1.[CH]1[CH][CH][CH][CH]1.[CH]1[CH][CH][C](CN2CCNCCN(C[C]3[CH][CH][CH][CH]3)CCNCC2)[CH]1.[Fe+2].[Fe+2]. The third-order valence-corrected chi connectivity index (χ3v) is 5.81. The Morgan fingerprint density at radius 1 is 0.417 bits per heavy atom. The van der Waals surface area contributed by atoms with Crippen molar-refractivity contribution in [1.29, 1.82) is 0 Å². The van der Waals surface area contributed by atoms with Gasteiger partial charge in [0, 0.05) is 65.4 Å². The molecule has 5 rings (SSSR count). The van der Waals surface area contributed by atoms with E-state index in [2.05, 4.69) is 71.8 Å². The fourth-order valence-electron chi connectivity index (χ4n) is 3.93. The van der Waals surface area contributed by atoms with E-state index in [1.165, 1.54) is 11.8 Å². The van der Waals surface area contributed by atoms with E-state index in [0.29, 0.717) is 0 Å². The minimum atomic E-state index is 0. The summed E-state index contributed by atoms with van der Waals surface area (Å²) >= 11 is 0. The molecule has 5 fully saturated rings. The third kappa shape index (κ3) is 16.8. The second-order valence-corrected chi connectivity index (χ2v) is 8.56. The molecule has 0 spiro atoms. The van der Waals surface area contributed by atoms with E-state index in [0.717, 1.165) is 65.4 Å². The predicted molar refractivity (Wildman–Crippen MR) is 143 cm³/mol. The van der Waals surface area contributed by atoms with Crippen molar-refractivity contribution < 1.29 is 34.1 Å². The Kier molecular flexibility index (Phi) is 23.0. The first-order valence-corrected chi connectivity index (χ1v) is 12.5. The van der Waals surface area contributed by atoms with Crippen molar-refractivity contribution in [3.05, 3.63) is 127 Å². The topological polar surface area (TPSA) is 30.5 Å². The molecule has 0 amide bonds. The van der Waals surface area contributed by atoms with Crippen molar-refractivity contribution >= 4 is 0 Å². The molecule has 2 N–H and O–H groups in total. The molecule has 192 valence electrons. The van der Waals surface area contributed by atoms with Crippen LogP contribution in [0.1, 0.15) is 0 Å². The van der Waals surface area contributed by atoms with Gasteiger partial charge in [-0.25, -0.2) is 0 Å². The van der Waals surface area contributed by atoms with Gasteiger partial charge in [0.25, 0.3) is 0 Å². The van der Waals surface area contributed by atoms with E-state index in [-0.39, 0.29) is 34.1 Å². The summed E-state index contributed by atoms with van der Waals surface area (Å²) in [7, 11) is 0. The molecule has 5 aliphatic rings. The molecular weight excluding hydrogens is 528 g/mol. The van der Waals surface area contributed by atoms with Crippen molar-refractivity contribution in [2.24, 2.45) is 0 Å². The fourth-order valence-corrected chi connectivity index (χ4v) is 3.93. The standard InChI is InChI=1S/C20H30N4.2C5H5.2Fe/c1-2-6-19(5-1)17-23-13-9-21-11-15-24(16-12-22-10-14-23)18-20-7-3-4-8-20;2*1-2-4-5-3-1;;/h1-8,21-22H,9-18H2;2*1-5H;;/q;;;2*+2. The molecule has 36 heavy (non-hydrogen) atoms. The number of rotatable bonds is 4. The molecule has 0 atom stereocenters. The molecule has 20 radical (unpaired) electrons. The van der Waals surface area contributed by atoms with Crippen LogP contribution < -0.4 is 10.6 Å². The van der Waals surface area contributed by atoms with Crippen LogP contribution in [0.3, 0.4) is 0 Å². The first-order chi connectivity index (χ1) is 16.9. The molecule has 0 bridgehead atoms. The normalized spacial score (nSPS) is 25.3. The van der Waals surface area contributed by atoms with Gasteiger partial charge in [0.05, 0.1) is 0 Å². The van der Waals surface area contributed by atoms with Crippen LogP contribution in [0.25, 0.3) is 0 Å². The van der Waals surface area contributed by atoms with Crippen molar-refractivity contribution in [2.75, 3.05) is 65.4 Å². The average Bonchev–Trinajstić information content (AvgIpc) is 3.68. The molecule has 0 aromatic rings. The van der Waals surface area contributed by atoms with Gasteiger partial charge in [-0.05, 0) is 127 Å². The van der Waals surface area contributed by atoms with Crippen LogP contribution in [0, 0.1) is 127 Å². The van der Waals surface area contributed by atoms with E-state index in [9.17, 15) is 0 Å². The van der Waals surface area contributed by atoms with E-state index in [1.807, 2.05) is 64.2 Å². The molecule has 6 heteroatoms.